The van der Waals surface area contributed by atoms with E-state index in [4.69, 9.17) is 0 Å². The SMILES string of the molecule is CCCCN(C)C(=O)c1ccc(C(=O)Nc2ccc(F)cc2)cc1. The Bertz CT molecular complexity index is 696. The Hall–Kier alpha value is -2.69. The smallest absolute Gasteiger partial charge is 0.255 e. The number of anilines is 1. The predicted molar refractivity (Wildman–Crippen MR) is 92.7 cm³/mol. The van der Waals surface area contributed by atoms with Gasteiger partial charge in [-0.3, -0.25) is 9.59 Å². The lowest BCUT2D eigenvalue weighted by Gasteiger charge is -2.16. The van der Waals surface area contributed by atoms with E-state index in [9.17, 15) is 14.0 Å². The van der Waals surface area contributed by atoms with E-state index in [1.165, 1.54) is 24.3 Å². The fraction of sp³-hybridized carbons (Fsp3) is 0.263. The lowest BCUT2D eigenvalue weighted by molar-refractivity contribution is 0.0792. The summed E-state index contributed by atoms with van der Waals surface area (Å²) in [5, 5.41) is 2.68. The zero-order chi connectivity index (χ0) is 17.5. The van der Waals surface area contributed by atoms with Gasteiger partial charge in [-0.25, -0.2) is 4.39 Å². The van der Waals surface area contributed by atoms with E-state index in [1.54, 1.807) is 36.2 Å². The van der Waals surface area contributed by atoms with Crippen molar-refractivity contribution in [1.82, 2.24) is 4.90 Å². The molecule has 0 bridgehead atoms. The fourth-order valence-electron chi connectivity index (χ4n) is 2.22. The van der Waals surface area contributed by atoms with Crippen LogP contribution in [0.2, 0.25) is 0 Å². The average molecular weight is 328 g/mol. The minimum Gasteiger partial charge on any atom is -0.342 e. The van der Waals surface area contributed by atoms with E-state index in [2.05, 4.69) is 12.2 Å². The van der Waals surface area contributed by atoms with Gasteiger partial charge in [0.15, 0.2) is 0 Å². The van der Waals surface area contributed by atoms with Gasteiger partial charge in [0.1, 0.15) is 5.82 Å². The molecule has 0 aliphatic rings. The number of unbranched alkanes of at least 4 members (excludes halogenated alkanes) is 1. The molecule has 5 heteroatoms. The standard InChI is InChI=1S/C19H21FN2O2/c1-3-4-13-22(2)19(24)15-7-5-14(6-8-15)18(23)21-17-11-9-16(20)10-12-17/h5-12H,3-4,13H2,1-2H3,(H,21,23). The van der Waals surface area contributed by atoms with Crippen molar-refractivity contribution in [2.45, 2.75) is 19.8 Å². The molecule has 0 heterocycles. The molecule has 0 spiro atoms. The third-order valence-electron chi connectivity index (χ3n) is 3.69. The quantitative estimate of drug-likeness (QED) is 0.873. The van der Waals surface area contributed by atoms with Gasteiger partial charge < -0.3 is 10.2 Å². The van der Waals surface area contributed by atoms with Gasteiger partial charge in [-0.1, -0.05) is 13.3 Å². The van der Waals surface area contributed by atoms with Crippen LogP contribution in [0, 0.1) is 5.82 Å². The number of amides is 2. The first-order chi connectivity index (χ1) is 11.5. The van der Waals surface area contributed by atoms with Crippen LogP contribution >= 0.6 is 0 Å². The van der Waals surface area contributed by atoms with E-state index in [0.717, 1.165) is 12.8 Å². The summed E-state index contributed by atoms with van der Waals surface area (Å²) >= 11 is 0. The molecule has 0 aromatic heterocycles. The van der Waals surface area contributed by atoms with Gasteiger partial charge in [-0.15, -0.1) is 0 Å². The van der Waals surface area contributed by atoms with Crippen molar-refractivity contribution in [3.8, 4) is 0 Å². The highest BCUT2D eigenvalue weighted by molar-refractivity contribution is 6.05. The maximum atomic E-state index is 12.9. The van der Waals surface area contributed by atoms with E-state index >= 15 is 0 Å². The van der Waals surface area contributed by atoms with Crippen molar-refractivity contribution in [2.24, 2.45) is 0 Å². The Morgan fingerprint density at radius 1 is 1.00 bits per heavy atom. The van der Waals surface area contributed by atoms with Crippen LogP contribution in [0.5, 0.6) is 0 Å². The van der Waals surface area contributed by atoms with Crippen LogP contribution in [0.25, 0.3) is 0 Å². The van der Waals surface area contributed by atoms with Crippen LogP contribution < -0.4 is 5.32 Å². The van der Waals surface area contributed by atoms with Crippen molar-refractivity contribution in [2.75, 3.05) is 18.9 Å². The zero-order valence-electron chi connectivity index (χ0n) is 13.9. The third-order valence-corrected chi connectivity index (χ3v) is 3.69. The molecule has 0 fully saturated rings. The van der Waals surface area contributed by atoms with Crippen LogP contribution in [-0.4, -0.2) is 30.3 Å². The number of nitrogens with zero attached hydrogens (tertiary/aromatic N) is 1. The fourth-order valence-corrected chi connectivity index (χ4v) is 2.22. The molecule has 0 atom stereocenters. The maximum absolute atomic E-state index is 12.9. The molecule has 2 rings (SSSR count). The second kappa shape index (κ2) is 8.24. The first kappa shape index (κ1) is 17.7. The van der Waals surface area contributed by atoms with Gasteiger partial charge in [0.25, 0.3) is 11.8 Å². The number of hydrogen-bond donors (Lipinski definition) is 1. The highest BCUT2D eigenvalue weighted by atomic mass is 19.1. The van der Waals surface area contributed by atoms with Gasteiger partial charge in [0, 0.05) is 30.4 Å². The molecule has 1 N–H and O–H groups in total. The van der Waals surface area contributed by atoms with Gasteiger partial charge in [0.2, 0.25) is 0 Å². The van der Waals surface area contributed by atoms with Gasteiger partial charge in [0.05, 0.1) is 0 Å². The number of carbonyl (C=O) groups excluding carboxylic acids is 2. The number of nitrogens with one attached hydrogen (secondary N) is 1. The summed E-state index contributed by atoms with van der Waals surface area (Å²) in [6.45, 7) is 2.79. The summed E-state index contributed by atoms with van der Waals surface area (Å²) in [4.78, 5) is 26.1. The lowest BCUT2D eigenvalue weighted by atomic mass is 10.1. The van der Waals surface area contributed by atoms with Crippen LogP contribution in [0.1, 0.15) is 40.5 Å². The Labute approximate surface area is 141 Å². The lowest BCUT2D eigenvalue weighted by Crippen LogP contribution is -2.27. The summed E-state index contributed by atoms with van der Waals surface area (Å²) in [5.74, 6) is -0.725. The molecular formula is C19H21FN2O2. The minimum atomic E-state index is -0.358. The summed E-state index contributed by atoms with van der Waals surface area (Å²) in [6, 6.07) is 12.1. The number of carbonyl (C=O) groups is 2. The molecule has 2 aromatic rings. The molecular weight excluding hydrogens is 307 g/mol. The number of hydrogen-bond acceptors (Lipinski definition) is 2. The second-order valence-corrected chi connectivity index (χ2v) is 5.62. The third kappa shape index (κ3) is 4.65. The average Bonchev–Trinajstić information content (AvgIpc) is 2.61. The number of rotatable bonds is 6. The topological polar surface area (TPSA) is 49.4 Å². The Morgan fingerprint density at radius 2 is 1.58 bits per heavy atom. The van der Waals surface area contributed by atoms with Crippen LogP contribution in [0.4, 0.5) is 10.1 Å². The minimum absolute atomic E-state index is 0.0612. The molecule has 0 saturated heterocycles. The maximum Gasteiger partial charge on any atom is 0.255 e. The molecule has 0 aliphatic heterocycles. The van der Waals surface area contributed by atoms with Gasteiger partial charge >= 0.3 is 0 Å². The summed E-state index contributed by atoms with van der Waals surface area (Å²) in [6.07, 6.45) is 1.99. The summed E-state index contributed by atoms with van der Waals surface area (Å²) < 4.78 is 12.9. The largest absolute Gasteiger partial charge is 0.342 e. The first-order valence-corrected chi connectivity index (χ1v) is 7.93. The van der Waals surface area contributed by atoms with Gasteiger partial charge in [-0.2, -0.15) is 0 Å². The van der Waals surface area contributed by atoms with E-state index < -0.39 is 0 Å². The van der Waals surface area contributed by atoms with Crippen molar-refractivity contribution in [3.05, 3.63) is 65.5 Å². The molecule has 0 unspecified atom stereocenters. The Morgan fingerprint density at radius 3 is 2.17 bits per heavy atom. The van der Waals surface area contributed by atoms with Gasteiger partial charge in [-0.05, 0) is 55.0 Å². The molecule has 126 valence electrons. The van der Waals surface area contributed by atoms with Crippen molar-refractivity contribution in [3.63, 3.8) is 0 Å². The number of benzene rings is 2. The van der Waals surface area contributed by atoms with Crippen molar-refractivity contribution < 1.29 is 14.0 Å². The number of halogens is 1. The Balaban J connectivity index is 2.01. The van der Waals surface area contributed by atoms with E-state index in [-0.39, 0.29) is 17.6 Å². The molecule has 0 aliphatic carbocycles. The predicted octanol–water partition coefficient (Wildman–Crippen LogP) is 3.95. The molecule has 2 amide bonds. The van der Waals surface area contributed by atoms with Crippen molar-refractivity contribution >= 4 is 17.5 Å². The Kier molecular flexibility index (Phi) is 6.07. The highest BCUT2D eigenvalue weighted by Gasteiger charge is 2.12. The molecule has 0 saturated carbocycles. The summed E-state index contributed by atoms with van der Waals surface area (Å²) in [7, 11) is 1.77. The monoisotopic (exact) mass is 328 g/mol. The second-order valence-electron chi connectivity index (χ2n) is 5.62. The van der Waals surface area contributed by atoms with Crippen LogP contribution in [0.3, 0.4) is 0 Å². The van der Waals surface area contributed by atoms with E-state index in [0.29, 0.717) is 23.4 Å². The van der Waals surface area contributed by atoms with Crippen LogP contribution in [0.15, 0.2) is 48.5 Å². The van der Waals surface area contributed by atoms with Crippen LogP contribution in [-0.2, 0) is 0 Å². The zero-order valence-corrected chi connectivity index (χ0v) is 13.9. The highest BCUT2D eigenvalue weighted by Crippen LogP contribution is 2.12. The summed E-state index contributed by atoms with van der Waals surface area (Å²) in [5.41, 5.74) is 1.50. The molecule has 2 aromatic carbocycles. The molecule has 24 heavy (non-hydrogen) atoms. The normalized spacial score (nSPS) is 10.3. The van der Waals surface area contributed by atoms with E-state index in [1.807, 2.05) is 0 Å². The van der Waals surface area contributed by atoms with Crippen molar-refractivity contribution in [1.29, 1.82) is 0 Å². The first-order valence-electron chi connectivity index (χ1n) is 7.93. The molecule has 0 radical (unpaired) electrons. The molecule has 4 nitrogen and oxygen atoms in total.